The second-order valence-corrected chi connectivity index (χ2v) is 1.07. The van der Waals surface area contributed by atoms with Gasteiger partial charge in [-0.2, -0.15) is 5.10 Å². The first-order chi connectivity index (χ1) is 3.89. The van der Waals surface area contributed by atoms with Crippen molar-refractivity contribution in [1.82, 2.24) is 15.2 Å². The lowest BCUT2D eigenvalue weighted by atomic mass is 10.8. The molecule has 0 spiro atoms. The number of aryl methyl sites for hydroxylation is 1. The fourth-order valence-electron chi connectivity index (χ4n) is 0.267. The fourth-order valence-corrected chi connectivity index (χ4v) is 0.267. The molecule has 5 heteroatoms. The Balaban J connectivity index is 0.000000222. The Morgan fingerprint density at radius 1 is 1.75 bits per heavy atom. The van der Waals surface area contributed by atoms with Gasteiger partial charge in [-0.05, 0) is 6.92 Å². The maximum atomic E-state index is 6.50. The molecular formula is C3H8N4O. The first kappa shape index (κ1) is 7.06. The maximum Gasteiger partial charge on any atom is 0.137 e. The Morgan fingerprint density at radius 3 is 2.50 bits per heavy atom. The minimum atomic E-state index is 0.856. The van der Waals surface area contributed by atoms with Gasteiger partial charge in [-0.25, -0.2) is 10.9 Å². The Kier molecular flexibility index (Phi) is 3.73. The normalized spacial score (nSPS) is 7.38. The Hall–Kier alpha value is -0.940. The lowest BCUT2D eigenvalue weighted by Gasteiger charge is -1.66. The van der Waals surface area contributed by atoms with Gasteiger partial charge in [0.1, 0.15) is 12.2 Å². The molecule has 1 aromatic heterocycles. The summed E-state index contributed by atoms with van der Waals surface area (Å²) in [5, 5.41) is 12.7. The molecule has 8 heavy (non-hydrogen) atoms. The average Bonchev–Trinajstić information content (AvgIpc) is 2.24. The smallest absolute Gasteiger partial charge is 0.137 e. The van der Waals surface area contributed by atoms with Gasteiger partial charge >= 0.3 is 0 Å². The third-order valence-corrected chi connectivity index (χ3v) is 0.535. The molecule has 1 heterocycles. The highest BCUT2D eigenvalue weighted by Gasteiger charge is 1.75. The molecule has 46 valence electrons. The lowest BCUT2D eigenvalue weighted by Crippen LogP contribution is -1.72. The van der Waals surface area contributed by atoms with E-state index < -0.39 is 0 Å². The maximum absolute atomic E-state index is 6.50. The van der Waals surface area contributed by atoms with E-state index in [4.69, 9.17) is 5.21 Å². The van der Waals surface area contributed by atoms with Crippen molar-refractivity contribution >= 4 is 0 Å². The first-order valence-electron chi connectivity index (χ1n) is 1.97. The number of aromatic nitrogens is 3. The Bertz CT molecular complexity index is 115. The molecule has 0 unspecified atom stereocenters. The zero-order valence-corrected chi connectivity index (χ0v) is 4.50. The Morgan fingerprint density at radius 2 is 2.38 bits per heavy atom. The predicted molar refractivity (Wildman–Crippen MR) is 27.1 cm³/mol. The highest BCUT2D eigenvalue weighted by Crippen LogP contribution is 1.73. The summed E-state index contributed by atoms with van der Waals surface area (Å²) in [4.78, 5) is 3.75. The van der Waals surface area contributed by atoms with E-state index in [1.807, 2.05) is 6.92 Å². The van der Waals surface area contributed by atoms with Gasteiger partial charge < -0.3 is 5.21 Å². The highest BCUT2D eigenvalue weighted by molar-refractivity contribution is 4.70. The number of hydrogen-bond donors (Lipinski definition) is 3. The monoisotopic (exact) mass is 116 g/mol. The summed E-state index contributed by atoms with van der Waals surface area (Å²) in [6, 6.07) is 0. The molecule has 0 fully saturated rings. The van der Waals surface area contributed by atoms with Crippen molar-refractivity contribution in [3.05, 3.63) is 12.2 Å². The van der Waals surface area contributed by atoms with Gasteiger partial charge in [-0.3, -0.25) is 5.10 Å². The molecular weight excluding hydrogens is 108 g/mol. The van der Waals surface area contributed by atoms with Crippen molar-refractivity contribution in [3.8, 4) is 0 Å². The molecule has 1 rings (SSSR count). The van der Waals surface area contributed by atoms with Crippen LogP contribution in [0.25, 0.3) is 0 Å². The first-order valence-corrected chi connectivity index (χ1v) is 1.97. The minimum Gasteiger partial charge on any atom is -0.320 e. The van der Waals surface area contributed by atoms with E-state index in [0.717, 1.165) is 5.82 Å². The van der Waals surface area contributed by atoms with E-state index in [0.29, 0.717) is 0 Å². The van der Waals surface area contributed by atoms with Crippen LogP contribution in [0, 0.1) is 6.92 Å². The summed E-state index contributed by atoms with van der Waals surface area (Å²) in [5.74, 6) is 4.36. The van der Waals surface area contributed by atoms with Gasteiger partial charge in [0.2, 0.25) is 0 Å². The second-order valence-electron chi connectivity index (χ2n) is 1.07. The van der Waals surface area contributed by atoms with E-state index in [1.165, 1.54) is 6.33 Å². The molecule has 0 aliphatic carbocycles. The molecule has 4 N–H and O–H groups in total. The van der Waals surface area contributed by atoms with Crippen LogP contribution in [0.4, 0.5) is 0 Å². The number of nitrogens with one attached hydrogen (secondary N) is 1. The number of hydrogen-bond acceptors (Lipinski definition) is 4. The molecule has 0 atom stereocenters. The van der Waals surface area contributed by atoms with Gasteiger partial charge in [-0.15, -0.1) is 0 Å². The number of aromatic amines is 1. The fraction of sp³-hybridized carbons (Fsp3) is 0.333. The summed E-state index contributed by atoms with van der Waals surface area (Å²) in [6.45, 7) is 1.85. The third kappa shape index (κ3) is 2.27. The van der Waals surface area contributed by atoms with Gasteiger partial charge in [0.25, 0.3) is 0 Å². The van der Waals surface area contributed by atoms with Crippen molar-refractivity contribution in [1.29, 1.82) is 0 Å². The molecule has 0 saturated heterocycles. The second kappa shape index (κ2) is 4.23. The largest absolute Gasteiger partial charge is 0.320 e. The topological polar surface area (TPSA) is 87.8 Å². The van der Waals surface area contributed by atoms with Crippen molar-refractivity contribution in [2.45, 2.75) is 6.92 Å². The van der Waals surface area contributed by atoms with Gasteiger partial charge in [0, 0.05) is 0 Å². The zero-order chi connectivity index (χ0) is 6.41. The molecule has 0 radical (unpaired) electrons. The average molecular weight is 116 g/mol. The predicted octanol–water partition coefficient (Wildman–Crippen LogP) is -0.553. The Labute approximate surface area is 46.5 Å². The molecule has 0 aliphatic heterocycles. The zero-order valence-electron chi connectivity index (χ0n) is 4.50. The molecule has 0 bridgehead atoms. The highest BCUT2D eigenvalue weighted by atomic mass is 16.4. The van der Waals surface area contributed by atoms with Crippen LogP contribution in [0.3, 0.4) is 0 Å². The van der Waals surface area contributed by atoms with Crippen LogP contribution in [0.15, 0.2) is 6.33 Å². The summed E-state index contributed by atoms with van der Waals surface area (Å²) in [7, 11) is 0. The molecule has 5 nitrogen and oxygen atoms in total. The van der Waals surface area contributed by atoms with Crippen LogP contribution in [-0.2, 0) is 0 Å². The van der Waals surface area contributed by atoms with Gasteiger partial charge in [0.05, 0.1) is 0 Å². The van der Waals surface area contributed by atoms with Gasteiger partial charge in [-0.1, -0.05) is 0 Å². The van der Waals surface area contributed by atoms with Crippen LogP contribution >= 0.6 is 0 Å². The number of H-pyrrole nitrogens is 1. The molecule has 0 aliphatic rings. The van der Waals surface area contributed by atoms with E-state index in [-0.39, 0.29) is 0 Å². The van der Waals surface area contributed by atoms with E-state index in [9.17, 15) is 0 Å². The van der Waals surface area contributed by atoms with Crippen molar-refractivity contribution < 1.29 is 5.21 Å². The SMILES string of the molecule is Cc1ncn[nH]1.NO. The quantitative estimate of drug-likeness (QED) is 0.397. The van der Waals surface area contributed by atoms with Crippen molar-refractivity contribution in [2.75, 3.05) is 0 Å². The molecule has 0 saturated carbocycles. The third-order valence-electron chi connectivity index (χ3n) is 0.535. The number of rotatable bonds is 0. The minimum absolute atomic E-state index is 0.856. The van der Waals surface area contributed by atoms with Crippen LogP contribution in [0.2, 0.25) is 0 Å². The van der Waals surface area contributed by atoms with Crippen molar-refractivity contribution in [3.63, 3.8) is 0 Å². The number of nitrogens with zero attached hydrogens (tertiary/aromatic N) is 2. The van der Waals surface area contributed by atoms with E-state index in [1.54, 1.807) is 0 Å². The molecule has 0 amide bonds. The number of nitrogens with two attached hydrogens (primary N) is 1. The van der Waals surface area contributed by atoms with Crippen LogP contribution in [-0.4, -0.2) is 20.4 Å². The van der Waals surface area contributed by atoms with Crippen LogP contribution in [0.5, 0.6) is 0 Å². The van der Waals surface area contributed by atoms with Crippen LogP contribution < -0.4 is 5.90 Å². The lowest BCUT2D eigenvalue weighted by molar-refractivity contribution is 0.311. The molecule has 0 aromatic carbocycles. The summed E-state index contributed by atoms with van der Waals surface area (Å²) < 4.78 is 0. The molecule has 1 aromatic rings. The van der Waals surface area contributed by atoms with E-state index in [2.05, 4.69) is 21.1 Å². The van der Waals surface area contributed by atoms with Crippen LogP contribution in [0.1, 0.15) is 5.82 Å². The standard InChI is InChI=1S/C3H5N3.H3NO/c1-3-4-2-5-6-3;1-2/h2H,1H3,(H,4,5,6);2H,1H2. The summed E-state index contributed by atoms with van der Waals surface area (Å²) in [6.07, 6.45) is 1.48. The van der Waals surface area contributed by atoms with Crippen molar-refractivity contribution in [2.24, 2.45) is 5.90 Å². The summed E-state index contributed by atoms with van der Waals surface area (Å²) >= 11 is 0. The summed E-state index contributed by atoms with van der Waals surface area (Å²) in [5.41, 5.74) is 0. The van der Waals surface area contributed by atoms with Gasteiger partial charge in [0.15, 0.2) is 0 Å². The van der Waals surface area contributed by atoms with E-state index >= 15 is 0 Å².